The maximum atomic E-state index is 5.67. The number of fused-ring (bicyclic) bond motifs is 1. The molecule has 16 heavy (non-hydrogen) atoms. The van der Waals surface area contributed by atoms with Crippen LogP contribution in [-0.2, 0) is 11.3 Å². The fraction of sp³-hybridized carbons (Fsp3) is 0.500. The van der Waals surface area contributed by atoms with Crippen LogP contribution in [0.2, 0.25) is 0 Å². The van der Waals surface area contributed by atoms with Gasteiger partial charge < -0.3 is 19.9 Å². The van der Waals surface area contributed by atoms with E-state index in [9.17, 15) is 0 Å². The van der Waals surface area contributed by atoms with E-state index < -0.39 is 0 Å². The van der Waals surface area contributed by atoms with E-state index in [-0.39, 0.29) is 6.79 Å². The summed E-state index contributed by atoms with van der Waals surface area (Å²) >= 11 is 0. The molecule has 0 spiro atoms. The van der Waals surface area contributed by atoms with Crippen molar-refractivity contribution < 1.29 is 14.2 Å². The molecule has 2 rings (SSSR count). The molecular formula is C12H17NO3. The smallest absolute Gasteiger partial charge is 0.189 e. The first kappa shape index (κ1) is 11.2. The lowest BCUT2D eigenvalue weighted by Crippen LogP contribution is -2.14. The highest BCUT2D eigenvalue weighted by atomic mass is 16.7. The summed E-state index contributed by atoms with van der Waals surface area (Å²) in [4.78, 5) is 0. The predicted octanol–water partition coefficient (Wildman–Crippen LogP) is 1.62. The third-order valence-corrected chi connectivity index (χ3v) is 2.84. The van der Waals surface area contributed by atoms with Gasteiger partial charge in [0.15, 0.2) is 18.3 Å². The maximum absolute atomic E-state index is 5.67. The van der Waals surface area contributed by atoms with Gasteiger partial charge in [-0.1, -0.05) is 6.92 Å². The van der Waals surface area contributed by atoms with Gasteiger partial charge in [0, 0.05) is 5.56 Å². The Bertz CT molecular complexity index is 362. The lowest BCUT2D eigenvalue weighted by atomic mass is 9.98. The van der Waals surface area contributed by atoms with Crippen molar-refractivity contribution in [2.75, 3.05) is 20.4 Å². The van der Waals surface area contributed by atoms with Gasteiger partial charge in [-0.05, 0) is 30.2 Å². The fourth-order valence-corrected chi connectivity index (χ4v) is 1.78. The number of rotatable bonds is 3. The lowest BCUT2D eigenvalue weighted by Gasteiger charge is -2.22. The molecule has 1 aliphatic heterocycles. The van der Waals surface area contributed by atoms with Crippen LogP contribution in [0.25, 0.3) is 0 Å². The second kappa shape index (κ2) is 4.72. The van der Waals surface area contributed by atoms with E-state index in [1.54, 1.807) is 7.11 Å². The molecule has 0 saturated heterocycles. The Kier molecular flexibility index (Phi) is 3.31. The van der Waals surface area contributed by atoms with Gasteiger partial charge in [0.05, 0.1) is 13.7 Å². The van der Waals surface area contributed by atoms with Crippen molar-refractivity contribution in [3.05, 3.63) is 23.3 Å². The molecule has 4 nitrogen and oxygen atoms in total. The van der Waals surface area contributed by atoms with E-state index in [2.05, 4.69) is 13.0 Å². The van der Waals surface area contributed by atoms with Crippen molar-refractivity contribution in [3.8, 4) is 11.5 Å². The summed E-state index contributed by atoms with van der Waals surface area (Å²) in [6, 6.07) is 4.07. The van der Waals surface area contributed by atoms with Gasteiger partial charge in [-0.3, -0.25) is 0 Å². The molecule has 1 aromatic carbocycles. The van der Waals surface area contributed by atoms with Gasteiger partial charge >= 0.3 is 0 Å². The largest absolute Gasteiger partial charge is 0.493 e. The third-order valence-electron chi connectivity index (χ3n) is 2.84. The number of hydrogen-bond donors (Lipinski definition) is 1. The van der Waals surface area contributed by atoms with Crippen LogP contribution in [0.4, 0.5) is 0 Å². The first-order valence-electron chi connectivity index (χ1n) is 5.37. The quantitative estimate of drug-likeness (QED) is 0.846. The first-order valence-corrected chi connectivity index (χ1v) is 5.37. The Morgan fingerprint density at radius 3 is 3.00 bits per heavy atom. The summed E-state index contributed by atoms with van der Waals surface area (Å²) in [6.45, 7) is 3.56. The molecule has 0 amide bonds. The van der Waals surface area contributed by atoms with Crippen LogP contribution < -0.4 is 15.2 Å². The molecule has 1 aliphatic rings. The van der Waals surface area contributed by atoms with E-state index >= 15 is 0 Å². The zero-order chi connectivity index (χ0) is 11.5. The average Bonchev–Trinajstić information content (AvgIpc) is 2.36. The van der Waals surface area contributed by atoms with Gasteiger partial charge in [0.1, 0.15) is 0 Å². The summed E-state index contributed by atoms with van der Waals surface area (Å²) < 4.78 is 16.0. The predicted molar refractivity (Wildman–Crippen MR) is 60.7 cm³/mol. The van der Waals surface area contributed by atoms with Crippen LogP contribution in [-0.4, -0.2) is 20.4 Å². The van der Waals surface area contributed by atoms with Crippen molar-refractivity contribution in [1.82, 2.24) is 0 Å². The fourth-order valence-electron chi connectivity index (χ4n) is 1.78. The molecule has 4 heteroatoms. The Morgan fingerprint density at radius 1 is 1.50 bits per heavy atom. The van der Waals surface area contributed by atoms with Crippen LogP contribution in [0.3, 0.4) is 0 Å². The molecule has 2 N–H and O–H groups in total. The molecule has 1 heterocycles. The number of ether oxygens (including phenoxy) is 3. The number of hydrogen-bond acceptors (Lipinski definition) is 4. The average molecular weight is 223 g/mol. The molecule has 0 aliphatic carbocycles. The third kappa shape index (κ3) is 1.99. The highest BCUT2D eigenvalue weighted by Crippen LogP contribution is 2.37. The molecule has 1 aromatic rings. The van der Waals surface area contributed by atoms with Gasteiger partial charge in [0.25, 0.3) is 0 Å². The summed E-state index contributed by atoms with van der Waals surface area (Å²) in [6.07, 6.45) is 0. The summed E-state index contributed by atoms with van der Waals surface area (Å²) in [5.74, 6) is 1.86. The van der Waals surface area contributed by atoms with Crippen molar-refractivity contribution >= 4 is 0 Å². The minimum absolute atomic E-state index is 0.287. The standard InChI is InChI=1S/C12H17NO3/c1-8(5-13)9-3-10-6-15-7-16-12(10)11(4-9)14-2/h3-4,8H,5-7,13H2,1-2H3. The normalized spacial score (nSPS) is 16.2. The van der Waals surface area contributed by atoms with Crippen LogP contribution in [0, 0.1) is 0 Å². The second-order valence-electron chi connectivity index (χ2n) is 3.96. The Morgan fingerprint density at radius 2 is 2.31 bits per heavy atom. The minimum atomic E-state index is 0.287. The zero-order valence-electron chi connectivity index (χ0n) is 9.66. The van der Waals surface area contributed by atoms with Crippen molar-refractivity contribution in [1.29, 1.82) is 0 Å². The highest BCUT2D eigenvalue weighted by molar-refractivity contribution is 5.50. The Labute approximate surface area is 95.3 Å². The molecule has 1 atom stereocenters. The van der Waals surface area contributed by atoms with Crippen LogP contribution >= 0.6 is 0 Å². The van der Waals surface area contributed by atoms with E-state index in [1.807, 2.05) is 6.07 Å². The van der Waals surface area contributed by atoms with Crippen LogP contribution in [0.15, 0.2) is 12.1 Å². The summed E-state index contributed by atoms with van der Waals surface area (Å²) in [5.41, 5.74) is 7.86. The molecule has 0 bridgehead atoms. The van der Waals surface area contributed by atoms with Crippen molar-refractivity contribution in [3.63, 3.8) is 0 Å². The second-order valence-corrected chi connectivity index (χ2v) is 3.96. The number of benzene rings is 1. The minimum Gasteiger partial charge on any atom is -0.493 e. The van der Waals surface area contributed by atoms with E-state index in [0.29, 0.717) is 19.1 Å². The van der Waals surface area contributed by atoms with Crippen LogP contribution in [0.1, 0.15) is 24.0 Å². The molecule has 1 unspecified atom stereocenters. The highest BCUT2D eigenvalue weighted by Gasteiger charge is 2.18. The Balaban J connectivity index is 2.43. The van der Waals surface area contributed by atoms with Crippen molar-refractivity contribution in [2.45, 2.75) is 19.4 Å². The van der Waals surface area contributed by atoms with Gasteiger partial charge in [0.2, 0.25) is 0 Å². The van der Waals surface area contributed by atoms with Crippen molar-refractivity contribution in [2.24, 2.45) is 5.73 Å². The van der Waals surface area contributed by atoms with Gasteiger partial charge in [-0.25, -0.2) is 0 Å². The molecule has 0 saturated carbocycles. The first-order chi connectivity index (χ1) is 7.76. The van der Waals surface area contributed by atoms with Gasteiger partial charge in [-0.15, -0.1) is 0 Å². The molecular weight excluding hydrogens is 206 g/mol. The van der Waals surface area contributed by atoms with Crippen LogP contribution in [0.5, 0.6) is 11.5 Å². The topological polar surface area (TPSA) is 53.7 Å². The Hall–Kier alpha value is -1.26. The maximum Gasteiger partial charge on any atom is 0.189 e. The SMILES string of the molecule is COc1cc(C(C)CN)cc2c1OCOC2. The molecule has 0 fully saturated rings. The van der Waals surface area contributed by atoms with Gasteiger partial charge in [-0.2, -0.15) is 0 Å². The van der Waals surface area contributed by atoms with E-state index in [0.717, 1.165) is 22.6 Å². The zero-order valence-corrected chi connectivity index (χ0v) is 9.66. The molecule has 88 valence electrons. The molecule has 0 radical (unpaired) electrons. The van der Waals surface area contributed by atoms with E-state index in [1.165, 1.54) is 0 Å². The van der Waals surface area contributed by atoms with E-state index in [4.69, 9.17) is 19.9 Å². The monoisotopic (exact) mass is 223 g/mol. The number of methoxy groups -OCH3 is 1. The summed E-state index contributed by atoms with van der Waals surface area (Å²) in [7, 11) is 1.64. The molecule has 0 aromatic heterocycles. The number of nitrogens with two attached hydrogens (primary N) is 1. The lowest BCUT2D eigenvalue weighted by molar-refractivity contribution is -0.0180. The summed E-state index contributed by atoms with van der Waals surface area (Å²) in [5, 5.41) is 0.